The quantitative estimate of drug-likeness (QED) is 0.697. The van der Waals surface area contributed by atoms with Gasteiger partial charge >= 0.3 is 5.97 Å². The van der Waals surface area contributed by atoms with Crippen LogP contribution in [0.5, 0.6) is 0 Å². The zero-order valence-corrected chi connectivity index (χ0v) is 13.5. The number of carbonyl (C=O) groups is 1. The molecule has 0 aliphatic heterocycles. The van der Waals surface area contributed by atoms with Gasteiger partial charge in [0, 0.05) is 6.61 Å². The van der Waals surface area contributed by atoms with Crippen molar-refractivity contribution in [2.45, 2.75) is 71.4 Å². The summed E-state index contributed by atoms with van der Waals surface area (Å²) >= 11 is 0. The summed E-state index contributed by atoms with van der Waals surface area (Å²) in [5.74, 6) is -0.188. The third-order valence-corrected chi connectivity index (χ3v) is 4.17. The van der Waals surface area contributed by atoms with E-state index >= 15 is 0 Å². The Morgan fingerprint density at radius 2 is 2.00 bits per heavy atom. The van der Waals surface area contributed by atoms with Crippen LogP contribution in [-0.2, 0) is 14.3 Å². The fourth-order valence-corrected chi connectivity index (χ4v) is 2.66. The maximum Gasteiger partial charge on any atom is 0.322 e. The number of methoxy groups -OCH3 is 1. The van der Waals surface area contributed by atoms with Crippen LogP contribution >= 0.6 is 0 Å². The minimum absolute atomic E-state index is 0.188. The Labute approximate surface area is 123 Å². The Balaban J connectivity index is 2.24. The maximum absolute atomic E-state index is 11.6. The molecule has 0 radical (unpaired) electrons. The molecule has 1 unspecified atom stereocenters. The fourth-order valence-electron chi connectivity index (χ4n) is 2.66. The first-order chi connectivity index (χ1) is 9.48. The average Bonchev–Trinajstić information content (AvgIpc) is 2.43. The van der Waals surface area contributed by atoms with E-state index in [0.29, 0.717) is 24.5 Å². The van der Waals surface area contributed by atoms with Crippen LogP contribution in [0.2, 0.25) is 0 Å². The molecule has 1 saturated carbocycles. The van der Waals surface area contributed by atoms with Gasteiger partial charge in [0.1, 0.15) is 6.04 Å². The molecule has 0 aromatic heterocycles. The highest BCUT2D eigenvalue weighted by molar-refractivity contribution is 5.75. The summed E-state index contributed by atoms with van der Waals surface area (Å²) in [5, 5.41) is 3.22. The summed E-state index contributed by atoms with van der Waals surface area (Å²) in [6, 6.07) is -0.236. The van der Waals surface area contributed by atoms with Gasteiger partial charge in [-0.25, -0.2) is 0 Å². The number of nitrogens with one attached hydrogen (secondary N) is 1. The second kappa shape index (κ2) is 8.63. The number of ether oxygens (including phenoxy) is 2. The van der Waals surface area contributed by atoms with E-state index < -0.39 is 0 Å². The van der Waals surface area contributed by atoms with Crippen molar-refractivity contribution in [1.29, 1.82) is 0 Å². The summed E-state index contributed by atoms with van der Waals surface area (Å²) in [4.78, 5) is 11.6. The maximum atomic E-state index is 11.6. The second-order valence-corrected chi connectivity index (χ2v) is 6.55. The number of rotatable bonds is 8. The molecular weight excluding hydrogens is 254 g/mol. The molecular formula is C16H31NO3. The van der Waals surface area contributed by atoms with Crippen LogP contribution in [0.25, 0.3) is 0 Å². The van der Waals surface area contributed by atoms with Gasteiger partial charge < -0.3 is 14.8 Å². The third kappa shape index (κ3) is 6.23. The lowest BCUT2D eigenvalue weighted by Crippen LogP contribution is -2.39. The van der Waals surface area contributed by atoms with Crippen molar-refractivity contribution in [3.63, 3.8) is 0 Å². The Kier molecular flexibility index (Phi) is 7.52. The molecule has 1 fully saturated rings. The molecule has 1 atom stereocenters. The average molecular weight is 285 g/mol. The largest absolute Gasteiger partial charge is 0.468 e. The summed E-state index contributed by atoms with van der Waals surface area (Å²) in [7, 11) is 1.44. The second-order valence-electron chi connectivity index (χ2n) is 6.55. The van der Waals surface area contributed by atoms with Gasteiger partial charge in [0.15, 0.2) is 0 Å². The van der Waals surface area contributed by atoms with Crippen LogP contribution in [0, 0.1) is 5.41 Å². The molecule has 0 aromatic carbocycles. The fraction of sp³-hybridized carbons (Fsp3) is 0.938. The van der Waals surface area contributed by atoms with E-state index in [1.165, 1.54) is 20.0 Å². The molecule has 20 heavy (non-hydrogen) atoms. The van der Waals surface area contributed by atoms with Gasteiger partial charge in [-0.3, -0.25) is 4.79 Å². The highest BCUT2D eigenvalue weighted by Crippen LogP contribution is 2.36. The molecule has 1 aliphatic carbocycles. The molecule has 0 saturated heterocycles. The lowest BCUT2D eigenvalue weighted by atomic mass is 9.76. The van der Waals surface area contributed by atoms with Crippen LogP contribution in [-0.4, -0.2) is 38.4 Å². The zero-order valence-electron chi connectivity index (χ0n) is 13.5. The van der Waals surface area contributed by atoms with Crippen LogP contribution in [0.3, 0.4) is 0 Å². The monoisotopic (exact) mass is 285 g/mol. The summed E-state index contributed by atoms with van der Waals surface area (Å²) in [6.45, 7) is 8.19. The van der Waals surface area contributed by atoms with Crippen molar-refractivity contribution in [3.8, 4) is 0 Å². The highest BCUT2D eigenvalue weighted by Gasteiger charge is 2.27. The lowest BCUT2D eigenvalue weighted by Gasteiger charge is -2.34. The van der Waals surface area contributed by atoms with E-state index in [2.05, 4.69) is 26.1 Å². The van der Waals surface area contributed by atoms with Gasteiger partial charge in [0.05, 0.1) is 13.2 Å². The minimum atomic E-state index is -0.236. The molecule has 0 spiro atoms. The molecule has 1 N–H and O–H groups in total. The summed E-state index contributed by atoms with van der Waals surface area (Å²) in [6.07, 6.45) is 6.79. The zero-order chi connectivity index (χ0) is 15.0. The van der Waals surface area contributed by atoms with Gasteiger partial charge in [-0.05, 0) is 50.5 Å². The summed E-state index contributed by atoms with van der Waals surface area (Å²) in [5.41, 5.74) is 0.469. The smallest absolute Gasteiger partial charge is 0.322 e. The van der Waals surface area contributed by atoms with Crippen LogP contribution < -0.4 is 5.32 Å². The van der Waals surface area contributed by atoms with E-state index in [4.69, 9.17) is 9.47 Å². The standard InChI is InChI=1S/C16H31NO3/c1-5-11-17-14(15(18)19-4)8-12-20-13-6-9-16(2,3)10-7-13/h13-14,17H,5-12H2,1-4H3. The third-order valence-electron chi connectivity index (χ3n) is 4.17. The first-order valence-corrected chi connectivity index (χ1v) is 7.91. The Morgan fingerprint density at radius 1 is 1.35 bits per heavy atom. The number of hydrogen-bond acceptors (Lipinski definition) is 4. The van der Waals surface area contributed by atoms with Crippen LogP contribution in [0.15, 0.2) is 0 Å². The normalized spacial score (nSPS) is 20.6. The highest BCUT2D eigenvalue weighted by atomic mass is 16.5. The molecule has 1 aliphatic rings. The van der Waals surface area contributed by atoms with Gasteiger partial charge in [-0.1, -0.05) is 20.8 Å². The number of esters is 1. The van der Waals surface area contributed by atoms with E-state index in [0.717, 1.165) is 25.8 Å². The topological polar surface area (TPSA) is 47.6 Å². The van der Waals surface area contributed by atoms with Gasteiger partial charge in [0.2, 0.25) is 0 Å². The Bertz CT molecular complexity index is 281. The predicted molar refractivity (Wildman–Crippen MR) is 80.7 cm³/mol. The van der Waals surface area contributed by atoms with Crippen molar-refractivity contribution < 1.29 is 14.3 Å². The molecule has 4 nitrogen and oxygen atoms in total. The van der Waals surface area contributed by atoms with Gasteiger partial charge in [-0.15, -0.1) is 0 Å². The van der Waals surface area contributed by atoms with Crippen molar-refractivity contribution >= 4 is 5.97 Å². The first kappa shape index (κ1) is 17.4. The van der Waals surface area contributed by atoms with Crippen LogP contribution in [0.4, 0.5) is 0 Å². The van der Waals surface area contributed by atoms with Crippen LogP contribution in [0.1, 0.15) is 59.3 Å². The molecule has 0 amide bonds. The first-order valence-electron chi connectivity index (χ1n) is 7.91. The van der Waals surface area contributed by atoms with Crippen molar-refractivity contribution in [2.75, 3.05) is 20.3 Å². The Morgan fingerprint density at radius 3 is 2.55 bits per heavy atom. The molecule has 0 heterocycles. The predicted octanol–water partition coefficient (Wildman–Crippen LogP) is 2.90. The van der Waals surface area contributed by atoms with E-state index in [1.807, 2.05) is 0 Å². The molecule has 4 heteroatoms. The van der Waals surface area contributed by atoms with E-state index in [-0.39, 0.29) is 12.0 Å². The van der Waals surface area contributed by atoms with Crippen molar-refractivity contribution in [1.82, 2.24) is 5.32 Å². The number of carbonyl (C=O) groups excluding carboxylic acids is 1. The lowest BCUT2D eigenvalue weighted by molar-refractivity contribution is -0.143. The molecule has 118 valence electrons. The minimum Gasteiger partial charge on any atom is -0.468 e. The molecule has 0 aromatic rings. The molecule has 1 rings (SSSR count). The molecule has 0 bridgehead atoms. The summed E-state index contributed by atoms with van der Waals surface area (Å²) < 4.78 is 10.8. The van der Waals surface area contributed by atoms with Crippen molar-refractivity contribution in [2.24, 2.45) is 5.41 Å². The van der Waals surface area contributed by atoms with E-state index in [1.54, 1.807) is 0 Å². The van der Waals surface area contributed by atoms with E-state index in [9.17, 15) is 4.79 Å². The Hall–Kier alpha value is -0.610. The van der Waals surface area contributed by atoms with Crippen molar-refractivity contribution in [3.05, 3.63) is 0 Å². The number of hydrogen-bond donors (Lipinski definition) is 1. The van der Waals surface area contributed by atoms with Gasteiger partial charge in [-0.2, -0.15) is 0 Å². The van der Waals surface area contributed by atoms with Gasteiger partial charge in [0.25, 0.3) is 0 Å². The SMILES string of the molecule is CCCNC(CCOC1CCC(C)(C)CC1)C(=O)OC.